The Labute approximate surface area is 111 Å². The van der Waals surface area contributed by atoms with Crippen molar-refractivity contribution in [3.63, 3.8) is 0 Å². The predicted octanol–water partition coefficient (Wildman–Crippen LogP) is 1.19. The Morgan fingerprint density at radius 2 is 1.72 bits per heavy atom. The molecule has 102 valence electrons. The molecule has 1 unspecified atom stereocenters. The molecule has 0 radical (unpaired) electrons. The van der Waals surface area contributed by atoms with E-state index in [2.05, 4.69) is 0 Å². The molecule has 1 fully saturated rings. The van der Waals surface area contributed by atoms with Gasteiger partial charge in [0, 0.05) is 0 Å². The van der Waals surface area contributed by atoms with Crippen LogP contribution in [0.1, 0.15) is 26.7 Å². The number of carbonyl (C=O) groups is 3. The van der Waals surface area contributed by atoms with E-state index < -0.39 is 17.9 Å². The second-order valence-electron chi connectivity index (χ2n) is 3.84. The standard InChI is InChI=1S/C12H18O5S/c1-3-16-11(14)9(12(15)17-4-2)10(13)8-6-5-7-18-8/h8-9H,3-7H2,1-2H3. The first-order valence-electron chi connectivity index (χ1n) is 6.10. The van der Waals surface area contributed by atoms with E-state index in [1.807, 2.05) is 0 Å². The Hall–Kier alpha value is -1.04. The highest BCUT2D eigenvalue weighted by molar-refractivity contribution is 8.00. The number of rotatable bonds is 6. The zero-order valence-electron chi connectivity index (χ0n) is 10.6. The highest BCUT2D eigenvalue weighted by Gasteiger charge is 2.41. The molecule has 6 heteroatoms. The Bertz CT molecular complexity index is 304. The maximum Gasteiger partial charge on any atom is 0.328 e. The summed E-state index contributed by atoms with van der Waals surface area (Å²) in [5, 5.41) is -0.288. The number of carbonyl (C=O) groups excluding carboxylic acids is 3. The van der Waals surface area contributed by atoms with Crippen LogP contribution in [-0.2, 0) is 23.9 Å². The molecule has 1 saturated heterocycles. The highest BCUT2D eigenvalue weighted by atomic mass is 32.2. The molecule has 1 rings (SSSR count). The van der Waals surface area contributed by atoms with E-state index in [0.29, 0.717) is 6.42 Å². The van der Waals surface area contributed by atoms with Gasteiger partial charge in [0.15, 0.2) is 5.78 Å². The largest absolute Gasteiger partial charge is 0.465 e. The third kappa shape index (κ3) is 3.73. The van der Waals surface area contributed by atoms with Crippen molar-refractivity contribution in [3.8, 4) is 0 Å². The molecule has 0 amide bonds. The zero-order chi connectivity index (χ0) is 13.5. The molecule has 0 aromatic carbocycles. The predicted molar refractivity (Wildman–Crippen MR) is 67.2 cm³/mol. The van der Waals surface area contributed by atoms with Gasteiger partial charge in [0.25, 0.3) is 0 Å². The topological polar surface area (TPSA) is 69.7 Å². The molecule has 0 N–H and O–H groups in total. The molecule has 0 aliphatic carbocycles. The lowest BCUT2D eigenvalue weighted by Gasteiger charge is -2.16. The van der Waals surface area contributed by atoms with Gasteiger partial charge in [-0.15, -0.1) is 0 Å². The molecule has 0 aromatic heterocycles. The molecular weight excluding hydrogens is 256 g/mol. The van der Waals surface area contributed by atoms with Gasteiger partial charge in [0.2, 0.25) is 5.92 Å². The van der Waals surface area contributed by atoms with E-state index in [1.165, 1.54) is 11.8 Å². The van der Waals surface area contributed by atoms with Crippen LogP contribution >= 0.6 is 11.8 Å². The van der Waals surface area contributed by atoms with Crippen LogP contribution < -0.4 is 0 Å². The second-order valence-corrected chi connectivity index (χ2v) is 5.15. The molecule has 0 spiro atoms. The van der Waals surface area contributed by atoms with Crippen molar-refractivity contribution in [2.24, 2.45) is 5.92 Å². The average Bonchev–Trinajstić information content (AvgIpc) is 2.83. The first-order valence-corrected chi connectivity index (χ1v) is 7.15. The van der Waals surface area contributed by atoms with Gasteiger partial charge in [-0.2, -0.15) is 11.8 Å². The van der Waals surface area contributed by atoms with Gasteiger partial charge in [0.1, 0.15) is 0 Å². The summed E-state index contributed by atoms with van der Waals surface area (Å²) in [5.74, 6) is -2.51. The molecule has 0 aromatic rings. The van der Waals surface area contributed by atoms with E-state index in [1.54, 1.807) is 13.8 Å². The Morgan fingerprint density at radius 1 is 1.17 bits per heavy atom. The van der Waals surface area contributed by atoms with Crippen LogP contribution in [0.3, 0.4) is 0 Å². The fraction of sp³-hybridized carbons (Fsp3) is 0.750. The minimum Gasteiger partial charge on any atom is -0.465 e. The van der Waals surface area contributed by atoms with Crippen molar-refractivity contribution >= 4 is 29.5 Å². The molecule has 1 aliphatic heterocycles. The lowest BCUT2D eigenvalue weighted by molar-refractivity contribution is -0.163. The average molecular weight is 274 g/mol. The van der Waals surface area contributed by atoms with E-state index in [9.17, 15) is 14.4 Å². The number of Topliss-reactive ketones (excluding diaryl/α,β-unsaturated/α-hetero) is 1. The third-order valence-corrected chi connectivity index (χ3v) is 3.97. The number of esters is 2. The Balaban J connectivity index is 2.78. The summed E-state index contributed by atoms with van der Waals surface area (Å²) in [7, 11) is 0. The molecule has 1 heterocycles. The fourth-order valence-corrected chi connectivity index (χ4v) is 3.02. The summed E-state index contributed by atoms with van der Waals surface area (Å²) in [6.45, 7) is 3.55. The Kier molecular flexibility index (Phi) is 6.18. The van der Waals surface area contributed by atoms with Gasteiger partial charge in [0.05, 0.1) is 18.5 Å². The van der Waals surface area contributed by atoms with Crippen molar-refractivity contribution in [1.82, 2.24) is 0 Å². The monoisotopic (exact) mass is 274 g/mol. The number of thioether (sulfide) groups is 1. The zero-order valence-corrected chi connectivity index (χ0v) is 11.5. The molecule has 5 nitrogen and oxygen atoms in total. The summed E-state index contributed by atoms with van der Waals surface area (Å²) in [6, 6.07) is 0. The first kappa shape index (κ1) is 15.0. The normalized spacial score (nSPS) is 18.7. The van der Waals surface area contributed by atoms with E-state index in [0.717, 1.165) is 12.2 Å². The lowest BCUT2D eigenvalue weighted by Crippen LogP contribution is -2.39. The second kappa shape index (κ2) is 7.41. The van der Waals surface area contributed by atoms with Crippen molar-refractivity contribution in [3.05, 3.63) is 0 Å². The lowest BCUT2D eigenvalue weighted by atomic mass is 9.99. The van der Waals surface area contributed by atoms with Gasteiger partial charge in [-0.05, 0) is 32.4 Å². The summed E-state index contributed by atoms with van der Waals surface area (Å²) in [6.07, 6.45) is 1.64. The quantitative estimate of drug-likeness (QED) is 0.535. The van der Waals surface area contributed by atoms with Gasteiger partial charge in [-0.3, -0.25) is 14.4 Å². The fourth-order valence-electron chi connectivity index (χ4n) is 1.77. The third-order valence-electron chi connectivity index (χ3n) is 2.58. The summed E-state index contributed by atoms with van der Waals surface area (Å²) in [5.41, 5.74) is 0. The summed E-state index contributed by atoms with van der Waals surface area (Å²) < 4.78 is 9.56. The molecule has 1 atom stereocenters. The highest BCUT2D eigenvalue weighted by Crippen LogP contribution is 2.29. The van der Waals surface area contributed by atoms with Crippen molar-refractivity contribution < 1.29 is 23.9 Å². The van der Waals surface area contributed by atoms with Crippen LogP contribution in [0.15, 0.2) is 0 Å². The summed E-state index contributed by atoms with van der Waals surface area (Å²) >= 11 is 1.48. The van der Waals surface area contributed by atoms with Crippen molar-refractivity contribution in [1.29, 1.82) is 0 Å². The van der Waals surface area contributed by atoms with Crippen molar-refractivity contribution in [2.45, 2.75) is 31.9 Å². The van der Waals surface area contributed by atoms with E-state index >= 15 is 0 Å². The molecule has 0 saturated carbocycles. The van der Waals surface area contributed by atoms with Crippen LogP contribution in [0.25, 0.3) is 0 Å². The first-order chi connectivity index (χ1) is 8.61. The minimum atomic E-state index is -1.42. The summed E-state index contributed by atoms with van der Waals surface area (Å²) in [4.78, 5) is 35.6. The minimum absolute atomic E-state index is 0.139. The molecule has 1 aliphatic rings. The number of hydrogen-bond donors (Lipinski definition) is 0. The van der Waals surface area contributed by atoms with Gasteiger partial charge in [-0.25, -0.2) is 0 Å². The van der Waals surface area contributed by atoms with E-state index in [-0.39, 0.29) is 24.2 Å². The van der Waals surface area contributed by atoms with Gasteiger partial charge in [-0.1, -0.05) is 0 Å². The maximum atomic E-state index is 12.2. The van der Waals surface area contributed by atoms with Crippen LogP contribution in [0, 0.1) is 5.92 Å². The van der Waals surface area contributed by atoms with Gasteiger partial charge < -0.3 is 9.47 Å². The number of ether oxygens (including phenoxy) is 2. The molecule has 0 bridgehead atoms. The van der Waals surface area contributed by atoms with Crippen LogP contribution in [0.5, 0.6) is 0 Å². The molecule has 18 heavy (non-hydrogen) atoms. The number of hydrogen-bond acceptors (Lipinski definition) is 6. The molecular formula is C12H18O5S. The number of ketones is 1. The van der Waals surface area contributed by atoms with Crippen LogP contribution in [0.4, 0.5) is 0 Å². The van der Waals surface area contributed by atoms with E-state index in [4.69, 9.17) is 9.47 Å². The Morgan fingerprint density at radius 3 is 2.11 bits per heavy atom. The van der Waals surface area contributed by atoms with Crippen LogP contribution in [-0.4, -0.2) is 41.9 Å². The van der Waals surface area contributed by atoms with Crippen molar-refractivity contribution in [2.75, 3.05) is 19.0 Å². The van der Waals surface area contributed by atoms with Gasteiger partial charge >= 0.3 is 11.9 Å². The van der Waals surface area contributed by atoms with Crippen LogP contribution in [0.2, 0.25) is 0 Å². The maximum absolute atomic E-state index is 12.2. The SMILES string of the molecule is CCOC(=O)C(C(=O)OCC)C(=O)C1CCCS1. The smallest absolute Gasteiger partial charge is 0.328 e.